The van der Waals surface area contributed by atoms with Gasteiger partial charge in [-0.05, 0) is 54.5 Å². The van der Waals surface area contributed by atoms with Crippen LogP contribution in [0.2, 0.25) is 0 Å². The number of benzene rings is 3. The molecule has 3 aromatic rings. The van der Waals surface area contributed by atoms with Gasteiger partial charge < -0.3 is 14.2 Å². The molecule has 1 heterocycles. The average Bonchev–Trinajstić information content (AvgIpc) is 3.15. The predicted molar refractivity (Wildman–Crippen MR) is 125 cm³/mol. The molecule has 0 saturated heterocycles. The zero-order chi connectivity index (χ0) is 21.6. The molecule has 3 aromatic carbocycles. The van der Waals surface area contributed by atoms with Gasteiger partial charge in [-0.25, -0.2) is 4.79 Å². The molecule has 156 valence electrons. The van der Waals surface area contributed by atoms with E-state index in [0.29, 0.717) is 36.0 Å². The Bertz CT molecular complexity index is 1130. The number of ether oxygens (including phenoxy) is 3. The number of hydrogen-bond donors (Lipinski definition) is 0. The van der Waals surface area contributed by atoms with Crippen molar-refractivity contribution in [3.63, 3.8) is 0 Å². The fourth-order valence-corrected chi connectivity index (χ4v) is 3.43. The number of cyclic esters (lactones) is 1. The van der Waals surface area contributed by atoms with Crippen LogP contribution in [0.25, 0.3) is 11.8 Å². The lowest BCUT2D eigenvalue weighted by Crippen LogP contribution is -2.00. The fourth-order valence-electron chi connectivity index (χ4n) is 3.16. The number of carbonyl (C=O) groups is 1. The lowest BCUT2D eigenvalue weighted by Gasteiger charge is -2.13. The molecule has 5 heteroatoms. The summed E-state index contributed by atoms with van der Waals surface area (Å²) >= 11 is 3.41. The molecule has 0 bridgehead atoms. The Morgan fingerprint density at radius 2 is 1.71 bits per heavy atom. The van der Waals surface area contributed by atoms with E-state index in [1.807, 2.05) is 79.7 Å². The summed E-state index contributed by atoms with van der Waals surface area (Å²) in [5, 5.41) is 0. The van der Waals surface area contributed by atoms with E-state index in [4.69, 9.17) is 14.2 Å². The van der Waals surface area contributed by atoms with Crippen LogP contribution in [0.4, 0.5) is 0 Å². The summed E-state index contributed by atoms with van der Waals surface area (Å²) in [5.74, 6) is 1.46. The molecule has 31 heavy (non-hydrogen) atoms. The minimum absolute atomic E-state index is 0.375. The molecule has 0 atom stereocenters. The molecule has 0 fully saturated rings. The Morgan fingerprint density at radius 3 is 2.45 bits per heavy atom. The molecule has 0 unspecified atom stereocenters. The highest BCUT2D eigenvalue weighted by molar-refractivity contribution is 9.10. The minimum atomic E-state index is -0.375. The smallest absolute Gasteiger partial charge is 0.343 e. The van der Waals surface area contributed by atoms with Gasteiger partial charge >= 0.3 is 5.97 Å². The van der Waals surface area contributed by atoms with Crippen molar-refractivity contribution < 1.29 is 19.0 Å². The summed E-state index contributed by atoms with van der Waals surface area (Å²) in [6, 6.07) is 23.2. The van der Waals surface area contributed by atoms with Crippen LogP contribution in [0.5, 0.6) is 11.5 Å². The van der Waals surface area contributed by atoms with Gasteiger partial charge in [0.05, 0.1) is 12.2 Å². The molecular formula is C26H21BrO4. The standard InChI is InChI=1S/C26H21BrO4/c1-2-29-25-15-19(8-13-23(25)30-17-18-6-4-3-5-7-18)14-21-16-24(31-26(21)28)20-9-11-22(27)12-10-20/h3-16H,2,17H2,1H3/b21-14+. The molecule has 0 N–H and O–H groups in total. The predicted octanol–water partition coefficient (Wildman–Crippen LogP) is 6.41. The number of esters is 1. The van der Waals surface area contributed by atoms with Gasteiger partial charge in [0.15, 0.2) is 11.5 Å². The van der Waals surface area contributed by atoms with E-state index >= 15 is 0 Å². The average molecular weight is 477 g/mol. The van der Waals surface area contributed by atoms with Crippen molar-refractivity contribution in [2.24, 2.45) is 0 Å². The lowest BCUT2D eigenvalue weighted by molar-refractivity contribution is -0.130. The Kier molecular flexibility index (Phi) is 6.53. The second kappa shape index (κ2) is 9.67. The molecule has 0 spiro atoms. The summed E-state index contributed by atoms with van der Waals surface area (Å²) in [6.07, 6.45) is 3.55. The molecule has 4 nitrogen and oxygen atoms in total. The molecule has 1 aliphatic rings. The summed E-state index contributed by atoms with van der Waals surface area (Å²) < 4.78 is 18.1. The van der Waals surface area contributed by atoms with Gasteiger partial charge in [-0.1, -0.05) is 64.5 Å². The summed E-state index contributed by atoms with van der Waals surface area (Å²) in [7, 11) is 0. The number of rotatable bonds is 7. The van der Waals surface area contributed by atoms with Crippen LogP contribution in [0.1, 0.15) is 23.6 Å². The van der Waals surface area contributed by atoms with Crippen LogP contribution in [-0.2, 0) is 16.1 Å². The molecule has 0 amide bonds. The van der Waals surface area contributed by atoms with Crippen molar-refractivity contribution in [3.05, 3.63) is 106 Å². The van der Waals surface area contributed by atoms with Crippen molar-refractivity contribution in [3.8, 4) is 11.5 Å². The quantitative estimate of drug-likeness (QED) is 0.292. The van der Waals surface area contributed by atoms with E-state index in [2.05, 4.69) is 15.9 Å². The summed E-state index contributed by atoms with van der Waals surface area (Å²) in [6.45, 7) is 2.89. The maximum atomic E-state index is 12.4. The Balaban J connectivity index is 1.56. The van der Waals surface area contributed by atoms with Crippen LogP contribution >= 0.6 is 15.9 Å². The van der Waals surface area contributed by atoms with Crippen molar-refractivity contribution in [1.29, 1.82) is 0 Å². The van der Waals surface area contributed by atoms with Crippen LogP contribution in [-0.4, -0.2) is 12.6 Å². The highest BCUT2D eigenvalue weighted by atomic mass is 79.9. The van der Waals surface area contributed by atoms with Crippen LogP contribution in [0, 0.1) is 0 Å². The van der Waals surface area contributed by atoms with Gasteiger partial charge in [0.25, 0.3) is 0 Å². The van der Waals surface area contributed by atoms with Gasteiger partial charge in [0.2, 0.25) is 0 Å². The maximum absolute atomic E-state index is 12.4. The van der Waals surface area contributed by atoms with Crippen molar-refractivity contribution in [2.45, 2.75) is 13.5 Å². The van der Waals surface area contributed by atoms with E-state index in [1.165, 1.54) is 0 Å². The van der Waals surface area contributed by atoms with Gasteiger partial charge in [0, 0.05) is 10.0 Å². The van der Waals surface area contributed by atoms with Gasteiger partial charge in [-0.2, -0.15) is 0 Å². The van der Waals surface area contributed by atoms with Crippen molar-refractivity contribution in [1.82, 2.24) is 0 Å². The van der Waals surface area contributed by atoms with Gasteiger partial charge in [0.1, 0.15) is 12.4 Å². The highest BCUT2D eigenvalue weighted by Gasteiger charge is 2.22. The van der Waals surface area contributed by atoms with Crippen LogP contribution < -0.4 is 9.47 Å². The molecule has 0 aromatic heterocycles. The molecule has 1 aliphatic heterocycles. The van der Waals surface area contributed by atoms with Crippen molar-refractivity contribution >= 4 is 33.7 Å². The highest BCUT2D eigenvalue weighted by Crippen LogP contribution is 2.32. The summed E-state index contributed by atoms with van der Waals surface area (Å²) in [5.41, 5.74) is 3.24. The zero-order valence-electron chi connectivity index (χ0n) is 17.0. The third-order valence-corrected chi connectivity index (χ3v) is 5.21. The molecule has 0 aliphatic carbocycles. The maximum Gasteiger partial charge on any atom is 0.343 e. The third kappa shape index (κ3) is 5.25. The number of carbonyl (C=O) groups excluding carboxylic acids is 1. The van der Waals surface area contributed by atoms with E-state index in [0.717, 1.165) is 21.2 Å². The van der Waals surface area contributed by atoms with Crippen molar-refractivity contribution in [2.75, 3.05) is 6.61 Å². The topological polar surface area (TPSA) is 44.8 Å². The Hall–Kier alpha value is -3.31. The first-order chi connectivity index (χ1) is 15.1. The number of hydrogen-bond acceptors (Lipinski definition) is 4. The molecule has 0 radical (unpaired) electrons. The second-order valence-electron chi connectivity index (χ2n) is 6.92. The first-order valence-corrected chi connectivity index (χ1v) is 10.8. The normalized spacial score (nSPS) is 14.3. The molecule has 0 saturated carbocycles. The molecule has 4 rings (SSSR count). The first kappa shape index (κ1) is 20.9. The lowest BCUT2D eigenvalue weighted by atomic mass is 10.1. The SMILES string of the molecule is CCOc1cc(/C=C2\C=C(c3ccc(Br)cc3)OC2=O)ccc1OCc1ccccc1. The first-order valence-electron chi connectivity index (χ1n) is 9.97. The Morgan fingerprint density at radius 1 is 0.935 bits per heavy atom. The van der Waals surface area contributed by atoms with Crippen LogP contribution in [0.3, 0.4) is 0 Å². The van der Waals surface area contributed by atoms with E-state index in [1.54, 1.807) is 12.2 Å². The van der Waals surface area contributed by atoms with Gasteiger partial charge in [-0.3, -0.25) is 0 Å². The van der Waals surface area contributed by atoms with E-state index in [-0.39, 0.29) is 5.97 Å². The zero-order valence-corrected chi connectivity index (χ0v) is 18.6. The third-order valence-electron chi connectivity index (χ3n) is 4.68. The van der Waals surface area contributed by atoms with E-state index in [9.17, 15) is 4.79 Å². The summed E-state index contributed by atoms with van der Waals surface area (Å²) in [4.78, 5) is 12.4. The molecular weight excluding hydrogens is 456 g/mol. The second-order valence-corrected chi connectivity index (χ2v) is 7.83. The van der Waals surface area contributed by atoms with Gasteiger partial charge in [-0.15, -0.1) is 0 Å². The monoisotopic (exact) mass is 476 g/mol. The fraction of sp³-hybridized carbons (Fsp3) is 0.115. The number of halogens is 1. The largest absolute Gasteiger partial charge is 0.490 e. The minimum Gasteiger partial charge on any atom is -0.490 e. The van der Waals surface area contributed by atoms with Crippen LogP contribution in [0.15, 0.2) is 88.9 Å². The Labute approximate surface area is 189 Å². The van der Waals surface area contributed by atoms with E-state index < -0.39 is 0 Å².